The standard InChI is InChI=1S/2C11H11.2CH3.2ClH.Si.Zr/c2*1-2-9-7-10-5-3-4-6-11(10)8-9;;;;;;/h2*3-8H,2H2,1H3;2*1H3;2*1H;;/q4*-1;;;;/p-2. The van der Waals surface area contributed by atoms with Crippen LogP contribution in [0.15, 0.2) is 72.8 Å². The summed E-state index contributed by atoms with van der Waals surface area (Å²) in [5.74, 6) is 0. The van der Waals surface area contributed by atoms with Gasteiger partial charge in [-0.2, -0.15) is 12.1 Å². The van der Waals surface area contributed by atoms with Gasteiger partial charge in [0.05, 0.1) is 0 Å². The zero-order chi connectivity index (χ0) is 17.4. The van der Waals surface area contributed by atoms with E-state index >= 15 is 0 Å². The Morgan fingerprint density at radius 2 is 1.00 bits per heavy atom. The van der Waals surface area contributed by atoms with E-state index in [9.17, 15) is 0 Å². The molecule has 0 saturated carbocycles. The third kappa shape index (κ3) is 8.78. The van der Waals surface area contributed by atoms with Gasteiger partial charge in [-0.3, -0.25) is 0 Å². The second-order valence-electron chi connectivity index (χ2n) is 5.69. The molecule has 0 atom stereocenters. The summed E-state index contributed by atoms with van der Waals surface area (Å²) in [4.78, 5) is 0. The van der Waals surface area contributed by atoms with Crippen molar-refractivity contribution in [2.24, 2.45) is 0 Å². The minimum atomic E-state index is 0. The van der Waals surface area contributed by atoms with Crippen molar-refractivity contribution in [1.29, 1.82) is 0 Å². The Labute approximate surface area is 200 Å². The van der Waals surface area contributed by atoms with Gasteiger partial charge >= 0.3 is 30.2 Å². The average Bonchev–Trinajstić information content (AvgIpc) is 3.27. The van der Waals surface area contributed by atoms with Gasteiger partial charge in [-0.25, -0.2) is 0 Å². The van der Waals surface area contributed by atoms with Crippen LogP contribution in [-0.2, 0) is 36.2 Å². The van der Waals surface area contributed by atoms with E-state index in [0.29, 0.717) is 0 Å². The second-order valence-corrected chi connectivity index (χ2v) is 5.69. The molecule has 4 rings (SSSR count). The number of fused-ring (bicyclic) bond motifs is 2. The Morgan fingerprint density at radius 3 is 1.29 bits per heavy atom. The van der Waals surface area contributed by atoms with Gasteiger partial charge in [0.15, 0.2) is 0 Å². The molecule has 0 aliphatic heterocycles. The van der Waals surface area contributed by atoms with Crippen LogP contribution in [-0.4, -0.2) is 6.88 Å². The molecule has 4 aromatic carbocycles. The maximum absolute atomic E-state index is 3.06. The van der Waals surface area contributed by atoms with Crippen LogP contribution >= 0.6 is 0 Å². The first-order valence-electron chi connectivity index (χ1n) is 8.34. The maximum atomic E-state index is 3.06. The molecule has 4 aromatic rings. The zero-order valence-corrected chi connectivity index (χ0v) is 22.1. The van der Waals surface area contributed by atoms with Crippen LogP contribution in [0.5, 0.6) is 0 Å². The summed E-state index contributed by atoms with van der Waals surface area (Å²) in [5, 5.41) is 5.46. The molecule has 4 heteroatoms. The molecule has 0 aliphatic rings. The molecular weight excluding hydrogens is 478 g/mol. The molecule has 0 aromatic heterocycles. The summed E-state index contributed by atoms with van der Waals surface area (Å²) in [6.45, 7) is 7.44. The Bertz CT molecular complexity index is 756. The molecule has 0 saturated heterocycles. The molecule has 0 aliphatic carbocycles. The number of benzene rings is 2. The monoisotopic (exact) mass is 504 g/mol. The van der Waals surface area contributed by atoms with E-state index in [1.165, 1.54) is 56.0 Å². The number of halogens is 2. The van der Waals surface area contributed by atoms with E-state index in [-0.39, 0.29) is 39.7 Å². The van der Waals surface area contributed by atoms with Gasteiger partial charge in [0.1, 0.15) is 0 Å². The van der Waals surface area contributed by atoms with Crippen molar-refractivity contribution in [3.63, 3.8) is 0 Å². The molecular formula is C24H28Cl2SiZr-6. The van der Waals surface area contributed by atoms with E-state index in [0.717, 1.165) is 12.8 Å². The normalized spacial score (nSPS) is 8.46. The van der Waals surface area contributed by atoms with Crippen LogP contribution < -0.4 is 24.8 Å². The van der Waals surface area contributed by atoms with E-state index < -0.39 is 0 Å². The van der Waals surface area contributed by atoms with Gasteiger partial charge in [-0.15, -0.1) is 81.2 Å². The molecule has 0 bridgehead atoms. The van der Waals surface area contributed by atoms with Crippen LogP contribution in [0.3, 0.4) is 0 Å². The molecule has 2 radical (unpaired) electrons. The molecule has 0 unspecified atom stereocenters. The Morgan fingerprint density at radius 1 is 0.679 bits per heavy atom. The number of hydrogen-bond acceptors (Lipinski definition) is 0. The zero-order valence-electron chi connectivity index (χ0n) is 17.1. The first-order valence-corrected chi connectivity index (χ1v) is 12.5. The van der Waals surface area contributed by atoms with Crippen molar-refractivity contribution in [2.45, 2.75) is 26.7 Å². The van der Waals surface area contributed by atoms with Gasteiger partial charge < -0.3 is 39.7 Å². The molecule has 0 nitrogen and oxygen atoms in total. The molecule has 0 spiro atoms. The molecule has 28 heavy (non-hydrogen) atoms. The number of aryl methyl sites for hydroxylation is 2. The second kappa shape index (κ2) is 17.2. The molecule has 0 fully saturated rings. The van der Waals surface area contributed by atoms with E-state index in [1.54, 1.807) is 0 Å². The van der Waals surface area contributed by atoms with Gasteiger partial charge in [0.2, 0.25) is 0 Å². The summed E-state index contributed by atoms with van der Waals surface area (Å²) in [7, 11) is 0. The van der Waals surface area contributed by atoms with E-state index in [1.807, 2.05) is 0 Å². The average molecular weight is 507 g/mol. The van der Waals surface area contributed by atoms with E-state index in [4.69, 9.17) is 0 Å². The summed E-state index contributed by atoms with van der Waals surface area (Å²) < 4.78 is 0. The Balaban J connectivity index is -0.000000363. The summed E-state index contributed by atoms with van der Waals surface area (Å²) in [6.07, 6.45) is 2.27. The van der Waals surface area contributed by atoms with Crippen LogP contribution in [0.2, 0.25) is 0 Å². The van der Waals surface area contributed by atoms with Crippen molar-refractivity contribution in [2.75, 3.05) is 0 Å². The summed E-state index contributed by atoms with van der Waals surface area (Å²) >= 11 is 1.36. The molecule has 0 N–H and O–H groups in total. The van der Waals surface area contributed by atoms with Gasteiger partial charge in [-0.05, 0) is 12.8 Å². The minimum absolute atomic E-state index is 0. The van der Waals surface area contributed by atoms with Crippen LogP contribution in [0.25, 0.3) is 21.5 Å². The van der Waals surface area contributed by atoms with Gasteiger partial charge in [-0.1, -0.05) is 26.0 Å². The predicted octanol–water partition coefficient (Wildman–Crippen LogP) is 0.767. The van der Waals surface area contributed by atoms with Gasteiger partial charge in [0.25, 0.3) is 0 Å². The third-order valence-corrected chi connectivity index (χ3v) is 4.17. The van der Waals surface area contributed by atoms with Crippen molar-refractivity contribution < 1.29 is 48.1 Å². The fourth-order valence-corrected chi connectivity index (χ4v) is 2.84. The molecule has 0 heterocycles. The van der Waals surface area contributed by atoms with Crippen molar-refractivity contribution in [1.82, 2.24) is 0 Å². The van der Waals surface area contributed by atoms with Crippen molar-refractivity contribution in [3.8, 4) is 0 Å². The van der Waals surface area contributed by atoms with Crippen molar-refractivity contribution in [3.05, 3.63) is 98.8 Å². The van der Waals surface area contributed by atoms with Crippen LogP contribution in [0.1, 0.15) is 25.0 Å². The van der Waals surface area contributed by atoms with Gasteiger partial charge in [0, 0.05) is 0 Å². The SMILES string of the molecule is CCc1cc2ccccc2[cH-]1.CCc1cc2ccccc2[cH-]1.[CH3-].[CH3-].[Cl-].[Cl-].[Si]=[Zr]. The topological polar surface area (TPSA) is 0 Å². The van der Waals surface area contributed by atoms with Crippen LogP contribution in [0, 0.1) is 14.9 Å². The molecule has 152 valence electrons. The summed E-state index contributed by atoms with van der Waals surface area (Å²) in [6, 6.07) is 26.0. The summed E-state index contributed by atoms with van der Waals surface area (Å²) in [5.41, 5.74) is 2.87. The molecule has 0 amide bonds. The fraction of sp³-hybridized carbons (Fsp3) is 0.167. The Hall–Kier alpha value is -0.660. The quantitative estimate of drug-likeness (QED) is 0.278. The Kier molecular flexibility index (Phi) is 19.7. The number of rotatable bonds is 2. The predicted molar refractivity (Wildman–Crippen MR) is 116 cm³/mol. The van der Waals surface area contributed by atoms with Crippen molar-refractivity contribution >= 4 is 28.4 Å². The fourth-order valence-electron chi connectivity index (χ4n) is 2.84. The van der Waals surface area contributed by atoms with Crippen LogP contribution in [0.4, 0.5) is 0 Å². The number of hydrogen-bond donors (Lipinski definition) is 0. The first-order chi connectivity index (χ1) is 11.8. The first kappa shape index (κ1) is 32.0. The van der Waals surface area contributed by atoms with E-state index in [2.05, 4.69) is 93.5 Å². The third-order valence-electron chi connectivity index (χ3n) is 4.17.